The summed E-state index contributed by atoms with van der Waals surface area (Å²) in [5.74, 6) is 1.21. The van der Waals surface area contributed by atoms with Crippen LogP contribution in [0, 0.1) is 0 Å². The maximum atomic E-state index is 12.0. The average Bonchev–Trinajstić information content (AvgIpc) is 3.08. The van der Waals surface area contributed by atoms with E-state index in [4.69, 9.17) is 4.42 Å². The van der Waals surface area contributed by atoms with Gasteiger partial charge in [0.1, 0.15) is 5.76 Å². The normalized spacial score (nSPS) is 11.1. The molecule has 0 atom stereocenters. The maximum Gasteiger partial charge on any atom is 0.243 e. The molecule has 0 aliphatic rings. The van der Waals surface area contributed by atoms with Gasteiger partial charge in [-0.05, 0) is 36.2 Å². The molecule has 1 aromatic carbocycles. The zero-order valence-corrected chi connectivity index (χ0v) is 13.4. The van der Waals surface area contributed by atoms with Gasteiger partial charge in [-0.3, -0.25) is 9.79 Å². The Morgan fingerprint density at radius 1 is 1.22 bits per heavy atom. The first-order chi connectivity index (χ1) is 11.2. The molecule has 6 nitrogen and oxygen atoms in total. The number of hydrogen-bond donors (Lipinski definition) is 3. The number of carbonyl (C=O) groups excluding carboxylic acids is 1. The standard InChI is InChI=1S/C17H22N4O2/c1-3-13-6-4-7-14(10-13)21-16(22)12-20-17(18-2)19-11-15-8-5-9-23-15/h4-10H,3,11-12H2,1-2H3,(H,21,22)(H2,18,19,20). The third-order valence-corrected chi connectivity index (χ3v) is 3.27. The van der Waals surface area contributed by atoms with E-state index in [1.165, 1.54) is 5.56 Å². The number of aliphatic imine (C=N–C) groups is 1. The first-order valence-corrected chi connectivity index (χ1v) is 7.57. The van der Waals surface area contributed by atoms with Crippen molar-refractivity contribution >= 4 is 17.6 Å². The minimum atomic E-state index is -0.126. The quantitative estimate of drug-likeness (QED) is 0.564. The average molecular weight is 314 g/mol. The number of hydrogen-bond acceptors (Lipinski definition) is 3. The number of anilines is 1. The van der Waals surface area contributed by atoms with Crippen LogP contribution in [0.2, 0.25) is 0 Å². The van der Waals surface area contributed by atoms with Crippen LogP contribution in [0.15, 0.2) is 52.1 Å². The molecule has 0 bridgehead atoms. The van der Waals surface area contributed by atoms with Gasteiger partial charge >= 0.3 is 0 Å². The molecule has 0 unspecified atom stereocenters. The largest absolute Gasteiger partial charge is 0.467 e. The lowest BCUT2D eigenvalue weighted by molar-refractivity contribution is -0.115. The van der Waals surface area contributed by atoms with Crippen LogP contribution in [-0.2, 0) is 17.8 Å². The molecule has 2 rings (SSSR count). The summed E-state index contributed by atoms with van der Waals surface area (Å²) in [5.41, 5.74) is 1.99. The number of furan rings is 1. The molecule has 0 aliphatic carbocycles. The second-order valence-electron chi connectivity index (χ2n) is 4.96. The molecule has 0 saturated heterocycles. The number of benzene rings is 1. The number of carbonyl (C=O) groups is 1. The Bertz CT molecular complexity index is 650. The summed E-state index contributed by atoms with van der Waals surface area (Å²) in [6.07, 6.45) is 2.55. The minimum absolute atomic E-state index is 0.126. The molecule has 1 amide bonds. The van der Waals surface area contributed by atoms with Gasteiger partial charge in [-0.2, -0.15) is 0 Å². The lowest BCUT2D eigenvalue weighted by Crippen LogP contribution is -2.41. The van der Waals surface area contributed by atoms with Gasteiger partial charge in [0.25, 0.3) is 0 Å². The van der Waals surface area contributed by atoms with Crippen LogP contribution in [0.25, 0.3) is 0 Å². The highest BCUT2D eigenvalue weighted by Gasteiger charge is 2.05. The van der Waals surface area contributed by atoms with Crippen LogP contribution in [-0.4, -0.2) is 25.5 Å². The van der Waals surface area contributed by atoms with Crippen LogP contribution in [0.4, 0.5) is 5.69 Å². The van der Waals surface area contributed by atoms with Gasteiger partial charge in [0.05, 0.1) is 19.4 Å². The van der Waals surface area contributed by atoms with Crippen molar-refractivity contribution in [2.45, 2.75) is 19.9 Å². The van der Waals surface area contributed by atoms with Gasteiger partial charge in [0.15, 0.2) is 5.96 Å². The van der Waals surface area contributed by atoms with Crippen molar-refractivity contribution in [1.82, 2.24) is 10.6 Å². The number of aryl methyl sites for hydroxylation is 1. The Labute approximate surface area is 136 Å². The predicted octanol–water partition coefficient (Wildman–Crippen LogP) is 2.15. The van der Waals surface area contributed by atoms with E-state index in [9.17, 15) is 4.79 Å². The van der Waals surface area contributed by atoms with Crippen LogP contribution < -0.4 is 16.0 Å². The minimum Gasteiger partial charge on any atom is -0.467 e. The first-order valence-electron chi connectivity index (χ1n) is 7.57. The SMILES string of the molecule is CCc1cccc(NC(=O)CNC(=NC)NCc2ccco2)c1. The Morgan fingerprint density at radius 2 is 2.09 bits per heavy atom. The molecule has 6 heteroatoms. The van der Waals surface area contributed by atoms with Crippen LogP contribution in [0.1, 0.15) is 18.2 Å². The molecule has 122 valence electrons. The molecule has 23 heavy (non-hydrogen) atoms. The fourth-order valence-electron chi connectivity index (χ4n) is 2.04. The topological polar surface area (TPSA) is 78.7 Å². The summed E-state index contributed by atoms with van der Waals surface area (Å²) in [6.45, 7) is 2.72. The lowest BCUT2D eigenvalue weighted by Gasteiger charge is -2.11. The summed E-state index contributed by atoms with van der Waals surface area (Å²) in [6, 6.07) is 11.5. The van der Waals surface area contributed by atoms with E-state index in [0.717, 1.165) is 17.9 Å². The van der Waals surface area contributed by atoms with Crippen molar-refractivity contribution in [2.24, 2.45) is 4.99 Å². The second-order valence-corrected chi connectivity index (χ2v) is 4.96. The fraction of sp³-hybridized carbons (Fsp3) is 0.294. The maximum absolute atomic E-state index is 12.0. The highest BCUT2D eigenvalue weighted by molar-refractivity contribution is 5.95. The Morgan fingerprint density at radius 3 is 2.78 bits per heavy atom. The molecule has 3 N–H and O–H groups in total. The summed E-state index contributed by atoms with van der Waals surface area (Å²) in [5, 5.41) is 8.90. The first kappa shape index (κ1) is 16.6. The van der Waals surface area contributed by atoms with Crippen molar-refractivity contribution in [3.8, 4) is 0 Å². The summed E-state index contributed by atoms with van der Waals surface area (Å²) < 4.78 is 5.23. The summed E-state index contributed by atoms with van der Waals surface area (Å²) in [7, 11) is 1.65. The number of guanidine groups is 1. The van der Waals surface area contributed by atoms with Crippen molar-refractivity contribution in [2.75, 3.05) is 18.9 Å². The van der Waals surface area contributed by atoms with Gasteiger partial charge in [-0.15, -0.1) is 0 Å². The fourth-order valence-corrected chi connectivity index (χ4v) is 2.04. The Kier molecular flexibility index (Phi) is 6.23. The number of amides is 1. The van der Waals surface area contributed by atoms with Crippen molar-refractivity contribution in [3.05, 3.63) is 54.0 Å². The number of rotatable bonds is 6. The van der Waals surface area contributed by atoms with Crippen molar-refractivity contribution in [1.29, 1.82) is 0 Å². The molecule has 1 heterocycles. The molecule has 2 aromatic rings. The Hall–Kier alpha value is -2.76. The van der Waals surface area contributed by atoms with Crippen LogP contribution in [0.5, 0.6) is 0 Å². The molecule has 1 aromatic heterocycles. The van der Waals surface area contributed by atoms with Crippen LogP contribution >= 0.6 is 0 Å². The summed E-state index contributed by atoms with van der Waals surface area (Å²) >= 11 is 0. The van der Waals surface area contributed by atoms with Gasteiger partial charge in [0.2, 0.25) is 5.91 Å². The lowest BCUT2D eigenvalue weighted by atomic mass is 10.1. The molecule has 0 saturated carbocycles. The predicted molar refractivity (Wildman–Crippen MR) is 91.4 cm³/mol. The molecule has 0 fully saturated rings. The van der Waals surface area contributed by atoms with Gasteiger partial charge < -0.3 is 20.4 Å². The van der Waals surface area contributed by atoms with Crippen molar-refractivity contribution < 1.29 is 9.21 Å². The molecule has 0 aliphatic heterocycles. The molecule has 0 spiro atoms. The molecular weight excluding hydrogens is 292 g/mol. The highest BCUT2D eigenvalue weighted by atomic mass is 16.3. The zero-order valence-electron chi connectivity index (χ0n) is 13.4. The van der Waals surface area contributed by atoms with E-state index in [-0.39, 0.29) is 12.5 Å². The van der Waals surface area contributed by atoms with E-state index in [2.05, 4.69) is 27.9 Å². The van der Waals surface area contributed by atoms with E-state index in [1.54, 1.807) is 13.3 Å². The van der Waals surface area contributed by atoms with Crippen molar-refractivity contribution in [3.63, 3.8) is 0 Å². The highest BCUT2D eigenvalue weighted by Crippen LogP contribution is 2.10. The molecule has 0 radical (unpaired) electrons. The molecular formula is C17H22N4O2. The third-order valence-electron chi connectivity index (χ3n) is 3.27. The number of nitrogens with zero attached hydrogens (tertiary/aromatic N) is 1. The number of nitrogens with one attached hydrogen (secondary N) is 3. The monoisotopic (exact) mass is 314 g/mol. The van der Waals surface area contributed by atoms with Gasteiger partial charge in [-0.25, -0.2) is 0 Å². The van der Waals surface area contributed by atoms with Gasteiger partial charge in [0, 0.05) is 12.7 Å². The third kappa shape index (κ3) is 5.50. The van der Waals surface area contributed by atoms with Crippen LogP contribution in [0.3, 0.4) is 0 Å². The summed E-state index contributed by atoms with van der Waals surface area (Å²) in [4.78, 5) is 16.1. The van der Waals surface area contributed by atoms with E-state index in [1.807, 2.05) is 36.4 Å². The smallest absolute Gasteiger partial charge is 0.243 e. The Balaban J connectivity index is 1.77. The van der Waals surface area contributed by atoms with E-state index < -0.39 is 0 Å². The van der Waals surface area contributed by atoms with E-state index >= 15 is 0 Å². The second kappa shape index (κ2) is 8.63. The van der Waals surface area contributed by atoms with E-state index in [0.29, 0.717) is 12.5 Å². The van der Waals surface area contributed by atoms with Gasteiger partial charge in [-0.1, -0.05) is 19.1 Å². The zero-order chi connectivity index (χ0) is 16.5.